The van der Waals surface area contributed by atoms with Gasteiger partial charge in [-0.05, 0) is 43.6 Å². The highest BCUT2D eigenvalue weighted by atomic mass is 16.2. The number of nitrogens with zero attached hydrogens (tertiary/aromatic N) is 1. The smallest absolute Gasteiger partial charge is 0.246 e. The summed E-state index contributed by atoms with van der Waals surface area (Å²) in [7, 11) is 0. The Morgan fingerprint density at radius 3 is 3.00 bits per heavy atom. The zero-order valence-corrected chi connectivity index (χ0v) is 8.48. The van der Waals surface area contributed by atoms with Gasteiger partial charge in [0.2, 0.25) is 5.91 Å². The highest BCUT2D eigenvalue weighted by molar-refractivity contribution is 5.89. The van der Waals surface area contributed by atoms with Crippen molar-refractivity contribution in [2.75, 3.05) is 6.54 Å². The Kier molecular flexibility index (Phi) is 1.89. The number of hydrogen-bond acceptors (Lipinski definition) is 1. The van der Waals surface area contributed by atoms with Crippen molar-refractivity contribution in [1.82, 2.24) is 4.90 Å². The van der Waals surface area contributed by atoms with Gasteiger partial charge in [0.05, 0.1) is 0 Å². The minimum Gasteiger partial charge on any atom is -0.335 e. The van der Waals surface area contributed by atoms with E-state index in [1.54, 1.807) is 6.08 Å². The lowest BCUT2D eigenvalue weighted by molar-refractivity contribution is -0.134. The molecule has 76 valence electrons. The first-order valence-electron chi connectivity index (χ1n) is 5.85. The first kappa shape index (κ1) is 8.51. The third kappa shape index (κ3) is 1.13. The highest BCUT2D eigenvalue weighted by Crippen LogP contribution is 2.41. The normalized spacial score (nSPS) is 41.0. The second-order valence-corrected chi connectivity index (χ2v) is 4.88. The predicted octanol–water partition coefficient (Wildman–Crippen LogP) is 1.96. The summed E-state index contributed by atoms with van der Waals surface area (Å²) >= 11 is 0. The van der Waals surface area contributed by atoms with Crippen LogP contribution in [0, 0.1) is 11.8 Å². The van der Waals surface area contributed by atoms with E-state index in [4.69, 9.17) is 0 Å². The first-order chi connectivity index (χ1) is 6.86. The van der Waals surface area contributed by atoms with Crippen LogP contribution in [0.1, 0.15) is 32.1 Å². The number of carbonyl (C=O) groups is 1. The quantitative estimate of drug-likeness (QED) is 0.573. The Morgan fingerprint density at radius 2 is 2.07 bits per heavy atom. The summed E-state index contributed by atoms with van der Waals surface area (Å²) in [5, 5.41) is 0. The molecule has 3 rings (SSSR count). The second kappa shape index (κ2) is 3.11. The average Bonchev–Trinajstić information content (AvgIpc) is 2.24. The van der Waals surface area contributed by atoms with Gasteiger partial charge in [0, 0.05) is 12.6 Å². The van der Waals surface area contributed by atoms with Gasteiger partial charge in [-0.1, -0.05) is 12.5 Å². The maximum absolute atomic E-state index is 11.7. The number of amides is 1. The van der Waals surface area contributed by atoms with E-state index in [2.05, 4.69) is 11.0 Å². The SMILES string of the molecule is O=C1C=C[C@H]2CCCC3CCCN1C32. The fourth-order valence-corrected chi connectivity index (χ4v) is 3.55. The molecule has 0 radical (unpaired) electrons. The fourth-order valence-electron chi connectivity index (χ4n) is 3.55. The van der Waals surface area contributed by atoms with Crippen LogP contribution in [0.4, 0.5) is 0 Å². The monoisotopic (exact) mass is 191 g/mol. The van der Waals surface area contributed by atoms with Gasteiger partial charge >= 0.3 is 0 Å². The van der Waals surface area contributed by atoms with Crippen molar-refractivity contribution in [2.45, 2.75) is 38.1 Å². The number of rotatable bonds is 0. The van der Waals surface area contributed by atoms with Crippen LogP contribution in [0.2, 0.25) is 0 Å². The zero-order valence-electron chi connectivity index (χ0n) is 8.48. The summed E-state index contributed by atoms with van der Waals surface area (Å²) in [6.07, 6.45) is 10.5. The number of hydrogen-bond donors (Lipinski definition) is 0. The molecule has 2 fully saturated rings. The van der Waals surface area contributed by atoms with E-state index in [1.807, 2.05) is 0 Å². The molecule has 0 N–H and O–H groups in total. The molecule has 2 heteroatoms. The average molecular weight is 191 g/mol. The van der Waals surface area contributed by atoms with Gasteiger partial charge in [-0.2, -0.15) is 0 Å². The summed E-state index contributed by atoms with van der Waals surface area (Å²) in [6, 6.07) is 0.565. The molecule has 2 nitrogen and oxygen atoms in total. The van der Waals surface area contributed by atoms with Crippen molar-refractivity contribution >= 4 is 5.91 Å². The second-order valence-electron chi connectivity index (χ2n) is 4.88. The van der Waals surface area contributed by atoms with E-state index in [-0.39, 0.29) is 5.91 Å². The largest absolute Gasteiger partial charge is 0.335 e. The summed E-state index contributed by atoms with van der Waals surface area (Å²) in [5.74, 6) is 1.74. The van der Waals surface area contributed by atoms with Crippen LogP contribution in [-0.4, -0.2) is 23.4 Å². The molecule has 2 heterocycles. The minimum absolute atomic E-state index is 0.262. The van der Waals surface area contributed by atoms with Gasteiger partial charge in [-0.3, -0.25) is 4.79 Å². The van der Waals surface area contributed by atoms with Crippen LogP contribution < -0.4 is 0 Å². The molecule has 1 amide bonds. The Morgan fingerprint density at radius 1 is 1.21 bits per heavy atom. The molecule has 0 spiro atoms. The van der Waals surface area contributed by atoms with E-state index in [9.17, 15) is 4.79 Å². The van der Waals surface area contributed by atoms with Crippen LogP contribution in [0.5, 0.6) is 0 Å². The van der Waals surface area contributed by atoms with Crippen molar-refractivity contribution in [2.24, 2.45) is 11.8 Å². The Bertz CT molecular complexity index is 282. The first-order valence-corrected chi connectivity index (χ1v) is 5.85. The molecule has 14 heavy (non-hydrogen) atoms. The van der Waals surface area contributed by atoms with Gasteiger partial charge in [-0.25, -0.2) is 0 Å². The fraction of sp³-hybridized carbons (Fsp3) is 0.750. The molecule has 2 unspecified atom stereocenters. The molecule has 0 aromatic heterocycles. The van der Waals surface area contributed by atoms with Gasteiger partial charge in [0.1, 0.15) is 0 Å². The van der Waals surface area contributed by atoms with Crippen LogP contribution in [-0.2, 0) is 4.79 Å². The van der Waals surface area contributed by atoms with Crippen molar-refractivity contribution in [3.05, 3.63) is 12.2 Å². The van der Waals surface area contributed by atoms with E-state index in [0.717, 1.165) is 12.5 Å². The number of carbonyl (C=O) groups excluding carboxylic acids is 1. The third-order valence-electron chi connectivity index (χ3n) is 4.14. The van der Waals surface area contributed by atoms with Gasteiger partial charge < -0.3 is 4.90 Å². The molecular weight excluding hydrogens is 174 g/mol. The number of piperidine rings is 1. The summed E-state index contributed by atoms with van der Waals surface area (Å²) < 4.78 is 0. The standard InChI is InChI=1S/C12H17NO/c14-11-7-6-10-4-1-3-9-5-2-8-13(11)12(9)10/h6-7,9-10,12H,1-5,8H2/t9?,10-,12?/m1/s1. The topological polar surface area (TPSA) is 20.3 Å². The van der Waals surface area contributed by atoms with Crippen molar-refractivity contribution in [3.63, 3.8) is 0 Å². The van der Waals surface area contributed by atoms with Crippen LogP contribution in [0.25, 0.3) is 0 Å². The van der Waals surface area contributed by atoms with Crippen molar-refractivity contribution in [3.8, 4) is 0 Å². The molecule has 3 aliphatic rings. The van der Waals surface area contributed by atoms with E-state index < -0.39 is 0 Å². The predicted molar refractivity (Wildman–Crippen MR) is 54.7 cm³/mol. The Hall–Kier alpha value is -0.790. The summed E-state index contributed by atoms with van der Waals surface area (Å²) in [4.78, 5) is 13.8. The van der Waals surface area contributed by atoms with Gasteiger partial charge in [0.25, 0.3) is 0 Å². The van der Waals surface area contributed by atoms with Crippen LogP contribution in [0.3, 0.4) is 0 Å². The van der Waals surface area contributed by atoms with Gasteiger partial charge in [-0.15, -0.1) is 0 Å². The lowest BCUT2D eigenvalue weighted by atomic mass is 9.71. The van der Waals surface area contributed by atoms with Crippen LogP contribution in [0.15, 0.2) is 12.2 Å². The van der Waals surface area contributed by atoms with E-state index >= 15 is 0 Å². The molecule has 0 aromatic rings. The Labute approximate surface area is 85.0 Å². The third-order valence-corrected chi connectivity index (χ3v) is 4.14. The minimum atomic E-state index is 0.262. The summed E-state index contributed by atoms with van der Waals surface area (Å²) in [5.41, 5.74) is 0. The van der Waals surface area contributed by atoms with Crippen molar-refractivity contribution < 1.29 is 4.79 Å². The maximum atomic E-state index is 11.7. The van der Waals surface area contributed by atoms with Gasteiger partial charge in [0.15, 0.2) is 0 Å². The highest BCUT2D eigenvalue weighted by Gasteiger charge is 2.41. The molecule has 2 aliphatic heterocycles. The molecule has 1 aliphatic carbocycles. The molecule has 1 saturated heterocycles. The molecule has 0 aromatic carbocycles. The maximum Gasteiger partial charge on any atom is 0.246 e. The lowest BCUT2D eigenvalue weighted by Gasteiger charge is -2.49. The summed E-state index contributed by atoms with van der Waals surface area (Å²) in [6.45, 7) is 1.00. The van der Waals surface area contributed by atoms with E-state index in [0.29, 0.717) is 12.0 Å². The zero-order chi connectivity index (χ0) is 9.54. The molecule has 3 atom stereocenters. The molecular formula is C12H17NO. The molecule has 0 bridgehead atoms. The Balaban J connectivity index is 1.95. The van der Waals surface area contributed by atoms with Crippen LogP contribution >= 0.6 is 0 Å². The van der Waals surface area contributed by atoms with Crippen molar-refractivity contribution in [1.29, 1.82) is 0 Å². The lowest BCUT2D eigenvalue weighted by Crippen LogP contribution is -2.54. The van der Waals surface area contributed by atoms with E-state index in [1.165, 1.54) is 32.1 Å². The molecule has 1 saturated carbocycles.